The van der Waals surface area contributed by atoms with Gasteiger partial charge in [-0.05, 0) is 39.3 Å². The lowest BCUT2D eigenvalue weighted by molar-refractivity contribution is -0.0667. The van der Waals surface area contributed by atoms with Gasteiger partial charge < -0.3 is 10.5 Å². The average Bonchev–Trinajstić information content (AvgIpc) is 2.30. The van der Waals surface area contributed by atoms with Crippen molar-refractivity contribution in [2.45, 2.75) is 57.6 Å². The number of likely N-dealkylation sites (N-methyl/N-ethyl adjacent to an activating group) is 1. The fourth-order valence-corrected chi connectivity index (χ4v) is 2.77. The minimum Gasteiger partial charge on any atom is -0.378 e. The molecule has 0 aromatic heterocycles. The third-order valence-corrected chi connectivity index (χ3v) is 3.89. The SMILES string of the molecule is CCCC1CC(CN)(N(C)CCC)CCO1. The maximum atomic E-state index is 6.03. The highest BCUT2D eigenvalue weighted by molar-refractivity contribution is 4.95. The normalized spacial score (nSPS) is 30.9. The van der Waals surface area contributed by atoms with Gasteiger partial charge >= 0.3 is 0 Å². The van der Waals surface area contributed by atoms with Crippen molar-refractivity contribution in [2.24, 2.45) is 5.73 Å². The Kier molecular flexibility index (Phi) is 5.73. The second-order valence-corrected chi connectivity index (χ2v) is 5.09. The van der Waals surface area contributed by atoms with Gasteiger partial charge in [0, 0.05) is 18.7 Å². The second-order valence-electron chi connectivity index (χ2n) is 5.09. The van der Waals surface area contributed by atoms with Crippen LogP contribution in [0.25, 0.3) is 0 Å². The first-order valence-corrected chi connectivity index (χ1v) is 6.71. The van der Waals surface area contributed by atoms with Crippen LogP contribution in [0.15, 0.2) is 0 Å². The number of rotatable bonds is 6. The molecule has 0 aliphatic carbocycles. The summed E-state index contributed by atoms with van der Waals surface area (Å²) in [5.74, 6) is 0. The first-order valence-electron chi connectivity index (χ1n) is 6.71. The Bertz CT molecular complexity index is 196. The molecule has 0 saturated carbocycles. The largest absolute Gasteiger partial charge is 0.378 e. The van der Waals surface area contributed by atoms with Crippen LogP contribution in [0.4, 0.5) is 0 Å². The maximum absolute atomic E-state index is 6.03. The van der Waals surface area contributed by atoms with Gasteiger partial charge in [-0.2, -0.15) is 0 Å². The molecule has 2 unspecified atom stereocenters. The lowest BCUT2D eigenvalue weighted by atomic mass is 9.84. The second kappa shape index (κ2) is 6.58. The number of ether oxygens (including phenoxy) is 1. The van der Waals surface area contributed by atoms with Crippen LogP contribution >= 0.6 is 0 Å². The Morgan fingerprint density at radius 3 is 2.69 bits per heavy atom. The van der Waals surface area contributed by atoms with Gasteiger partial charge in [-0.25, -0.2) is 0 Å². The highest BCUT2D eigenvalue weighted by atomic mass is 16.5. The van der Waals surface area contributed by atoms with Crippen molar-refractivity contribution >= 4 is 0 Å². The van der Waals surface area contributed by atoms with E-state index in [0.29, 0.717) is 6.10 Å². The number of hydrogen-bond donors (Lipinski definition) is 1. The van der Waals surface area contributed by atoms with Gasteiger partial charge in [-0.3, -0.25) is 4.90 Å². The van der Waals surface area contributed by atoms with Gasteiger partial charge in [0.15, 0.2) is 0 Å². The van der Waals surface area contributed by atoms with E-state index in [1.807, 2.05) is 0 Å². The summed E-state index contributed by atoms with van der Waals surface area (Å²) in [6, 6.07) is 0. The van der Waals surface area contributed by atoms with E-state index in [1.165, 1.54) is 19.3 Å². The minimum atomic E-state index is 0.189. The predicted octanol–water partition coefficient (Wildman–Crippen LogP) is 2.00. The van der Waals surface area contributed by atoms with Crippen molar-refractivity contribution in [2.75, 3.05) is 26.7 Å². The predicted molar refractivity (Wildman–Crippen MR) is 68.6 cm³/mol. The number of nitrogens with zero attached hydrogens (tertiary/aromatic N) is 1. The molecule has 3 heteroatoms. The van der Waals surface area contributed by atoms with E-state index in [-0.39, 0.29) is 5.54 Å². The monoisotopic (exact) mass is 228 g/mol. The van der Waals surface area contributed by atoms with Crippen LogP contribution in [-0.4, -0.2) is 43.3 Å². The Morgan fingerprint density at radius 1 is 1.38 bits per heavy atom. The van der Waals surface area contributed by atoms with Gasteiger partial charge in [0.05, 0.1) is 6.10 Å². The molecular formula is C13H28N2O. The summed E-state index contributed by atoms with van der Waals surface area (Å²) in [7, 11) is 2.21. The van der Waals surface area contributed by atoms with E-state index in [2.05, 4.69) is 25.8 Å². The summed E-state index contributed by atoms with van der Waals surface area (Å²) < 4.78 is 5.82. The molecule has 96 valence electrons. The van der Waals surface area contributed by atoms with Crippen LogP contribution in [0.1, 0.15) is 46.0 Å². The fourth-order valence-electron chi connectivity index (χ4n) is 2.77. The zero-order valence-electron chi connectivity index (χ0n) is 11.2. The standard InChI is InChI=1S/C13H28N2O/c1-4-6-12-10-13(11-14,7-9-16-12)15(3)8-5-2/h12H,4-11,14H2,1-3H3. The summed E-state index contributed by atoms with van der Waals surface area (Å²) in [6.45, 7) is 7.21. The molecule has 16 heavy (non-hydrogen) atoms. The Labute approximate surface area is 100 Å². The van der Waals surface area contributed by atoms with Crippen LogP contribution in [0.2, 0.25) is 0 Å². The molecule has 2 N–H and O–H groups in total. The Balaban J connectivity index is 2.62. The Hall–Kier alpha value is -0.120. The van der Waals surface area contributed by atoms with E-state index in [4.69, 9.17) is 10.5 Å². The van der Waals surface area contributed by atoms with Gasteiger partial charge in [-0.1, -0.05) is 20.3 Å². The lowest BCUT2D eigenvalue weighted by Crippen LogP contribution is -2.57. The van der Waals surface area contributed by atoms with E-state index in [0.717, 1.165) is 32.5 Å². The van der Waals surface area contributed by atoms with Gasteiger partial charge in [0.2, 0.25) is 0 Å². The van der Waals surface area contributed by atoms with Crippen LogP contribution in [0, 0.1) is 0 Å². The number of nitrogens with two attached hydrogens (primary N) is 1. The van der Waals surface area contributed by atoms with Crippen molar-refractivity contribution in [1.82, 2.24) is 4.90 Å². The molecule has 0 aromatic rings. The molecule has 0 amide bonds. The highest BCUT2D eigenvalue weighted by Gasteiger charge is 2.38. The molecule has 1 aliphatic heterocycles. The molecule has 3 nitrogen and oxygen atoms in total. The first-order chi connectivity index (χ1) is 7.68. The third-order valence-electron chi connectivity index (χ3n) is 3.89. The summed E-state index contributed by atoms with van der Waals surface area (Å²) in [5, 5.41) is 0. The van der Waals surface area contributed by atoms with Crippen LogP contribution in [0.3, 0.4) is 0 Å². The third kappa shape index (κ3) is 3.19. The molecule has 0 aromatic carbocycles. The fraction of sp³-hybridized carbons (Fsp3) is 1.00. The average molecular weight is 228 g/mol. The van der Waals surface area contributed by atoms with E-state index in [1.54, 1.807) is 0 Å². The summed E-state index contributed by atoms with van der Waals surface area (Å²) in [6.07, 6.45) is 6.16. The van der Waals surface area contributed by atoms with Crippen molar-refractivity contribution in [3.63, 3.8) is 0 Å². The van der Waals surface area contributed by atoms with Crippen LogP contribution in [0.5, 0.6) is 0 Å². The molecule has 0 spiro atoms. The molecular weight excluding hydrogens is 200 g/mol. The van der Waals surface area contributed by atoms with E-state index < -0.39 is 0 Å². The maximum Gasteiger partial charge on any atom is 0.0593 e. The topological polar surface area (TPSA) is 38.5 Å². The molecule has 0 bridgehead atoms. The molecule has 1 fully saturated rings. The first kappa shape index (κ1) is 13.9. The molecule has 2 atom stereocenters. The van der Waals surface area contributed by atoms with Gasteiger partial charge in [-0.15, -0.1) is 0 Å². The zero-order chi connectivity index (χ0) is 12.0. The van der Waals surface area contributed by atoms with Crippen LogP contribution < -0.4 is 5.73 Å². The molecule has 1 rings (SSSR count). The van der Waals surface area contributed by atoms with E-state index >= 15 is 0 Å². The van der Waals surface area contributed by atoms with Gasteiger partial charge in [0.25, 0.3) is 0 Å². The molecule has 0 radical (unpaired) electrons. The zero-order valence-corrected chi connectivity index (χ0v) is 11.2. The summed E-state index contributed by atoms with van der Waals surface area (Å²) in [4.78, 5) is 2.46. The molecule has 1 aliphatic rings. The van der Waals surface area contributed by atoms with Crippen LogP contribution in [-0.2, 0) is 4.74 Å². The number of hydrogen-bond acceptors (Lipinski definition) is 3. The minimum absolute atomic E-state index is 0.189. The van der Waals surface area contributed by atoms with Crippen molar-refractivity contribution < 1.29 is 4.74 Å². The van der Waals surface area contributed by atoms with Crippen molar-refractivity contribution in [1.29, 1.82) is 0 Å². The quantitative estimate of drug-likeness (QED) is 0.756. The molecule has 1 saturated heterocycles. The highest BCUT2D eigenvalue weighted by Crippen LogP contribution is 2.31. The van der Waals surface area contributed by atoms with Crippen molar-refractivity contribution in [3.8, 4) is 0 Å². The smallest absolute Gasteiger partial charge is 0.0593 e. The summed E-state index contributed by atoms with van der Waals surface area (Å²) in [5.41, 5.74) is 6.22. The lowest BCUT2D eigenvalue weighted by Gasteiger charge is -2.46. The summed E-state index contributed by atoms with van der Waals surface area (Å²) >= 11 is 0. The van der Waals surface area contributed by atoms with Crippen molar-refractivity contribution in [3.05, 3.63) is 0 Å². The molecule has 1 heterocycles. The Morgan fingerprint density at radius 2 is 2.12 bits per heavy atom. The van der Waals surface area contributed by atoms with Gasteiger partial charge in [0.1, 0.15) is 0 Å². The van der Waals surface area contributed by atoms with E-state index in [9.17, 15) is 0 Å².